The Morgan fingerprint density at radius 1 is 1.20 bits per heavy atom. The van der Waals surface area contributed by atoms with Crippen molar-refractivity contribution in [3.63, 3.8) is 0 Å². The largest absolute Gasteiger partial charge is 0.494 e. The van der Waals surface area contributed by atoms with Crippen LogP contribution in [-0.2, 0) is 9.59 Å². The Labute approximate surface area is 175 Å². The third kappa shape index (κ3) is 4.51. The Morgan fingerprint density at radius 2 is 1.93 bits per heavy atom. The number of rotatable bonds is 8. The van der Waals surface area contributed by atoms with Crippen LogP contribution < -0.4 is 15.0 Å². The normalized spacial score (nSPS) is 16.0. The second-order valence-corrected chi connectivity index (χ2v) is 6.96. The molecule has 0 saturated carbocycles. The standard InChI is InChI=1S/C23H25N3O4/c1-4-13-25-20(15-21(27)24-17-9-11-19(12-10-17)30-5-2)22(28)26(23(25)29)18-8-6-7-16(3)14-18/h4,6-12,14,20H,1,5,13,15H2,2-3H3,(H,24,27)/t20-/m0/s1. The summed E-state index contributed by atoms with van der Waals surface area (Å²) in [5, 5.41) is 2.77. The van der Waals surface area contributed by atoms with E-state index >= 15 is 0 Å². The van der Waals surface area contributed by atoms with Gasteiger partial charge in [-0.2, -0.15) is 0 Å². The van der Waals surface area contributed by atoms with Crippen LogP contribution in [0.5, 0.6) is 5.75 Å². The number of nitrogens with one attached hydrogen (secondary N) is 1. The number of urea groups is 1. The Kier molecular flexibility index (Phi) is 6.51. The number of hydrogen-bond donors (Lipinski definition) is 1. The van der Waals surface area contributed by atoms with Gasteiger partial charge in [-0.05, 0) is 55.8 Å². The molecule has 0 aliphatic carbocycles. The van der Waals surface area contributed by atoms with Gasteiger partial charge in [0.1, 0.15) is 11.8 Å². The van der Waals surface area contributed by atoms with Gasteiger partial charge in [0.25, 0.3) is 5.91 Å². The summed E-state index contributed by atoms with van der Waals surface area (Å²) in [6.45, 7) is 8.17. The molecule has 2 aromatic rings. The van der Waals surface area contributed by atoms with E-state index < -0.39 is 18.0 Å². The molecule has 0 radical (unpaired) electrons. The van der Waals surface area contributed by atoms with Crippen LogP contribution in [0.4, 0.5) is 16.2 Å². The summed E-state index contributed by atoms with van der Waals surface area (Å²) in [4.78, 5) is 41.1. The van der Waals surface area contributed by atoms with Crippen LogP contribution in [-0.4, -0.2) is 41.9 Å². The second kappa shape index (κ2) is 9.26. The van der Waals surface area contributed by atoms with Gasteiger partial charge in [0.15, 0.2) is 0 Å². The summed E-state index contributed by atoms with van der Waals surface area (Å²) in [5.41, 5.74) is 2.01. The molecule has 1 atom stereocenters. The molecule has 0 bridgehead atoms. The number of aryl methyl sites for hydroxylation is 1. The minimum atomic E-state index is -0.890. The summed E-state index contributed by atoms with van der Waals surface area (Å²) in [7, 11) is 0. The zero-order valence-corrected chi connectivity index (χ0v) is 17.1. The van der Waals surface area contributed by atoms with Gasteiger partial charge in [0.2, 0.25) is 5.91 Å². The Balaban J connectivity index is 1.75. The van der Waals surface area contributed by atoms with Gasteiger partial charge < -0.3 is 15.0 Å². The molecule has 1 aliphatic heterocycles. The highest BCUT2D eigenvalue weighted by Gasteiger charge is 2.46. The van der Waals surface area contributed by atoms with Crippen molar-refractivity contribution in [1.29, 1.82) is 0 Å². The topological polar surface area (TPSA) is 79.0 Å². The van der Waals surface area contributed by atoms with Crippen LogP contribution in [0.15, 0.2) is 61.2 Å². The second-order valence-electron chi connectivity index (χ2n) is 6.96. The van der Waals surface area contributed by atoms with Crippen molar-refractivity contribution in [3.8, 4) is 5.75 Å². The lowest BCUT2D eigenvalue weighted by molar-refractivity contribution is -0.124. The molecule has 1 saturated heterocycles. The SMILES string of the molecule is C=CCN1C(=O)N(c2cccc(C)c2)C(=O)[C@@H]1CC(=O)Nc1ccc(OCC)cc1. The molecular formula is C23H25N3O4. The highest BCUT2D eigenvalue weighted by Crippen LogP contribution is 2.27. The molecule has 7 heteroatoms. The predicted octanol–water partition coefficient (Wildman–Crippen LogP) is 3.75. The van der Waals surface area contributed by atoms with Crippen molar-refractivity contribution in [2.45, 2.75) is 26.3 Å². The van der Waals surface area contributed by atoms with Gasteiger partial charge in [-0.3, -0.25) is 9.59 Å². The van der Waals surface area contributed by atoms with Gasteiger partial charge in [-0.1, -0.05) is 18.2 Å². The minimum Gasteiger partial charge on any atom is -0.494 e. The fourth-order valence-corrected chi connectivity index (χ4v) is 3.37. The van der Waals surface area contributed by atoms with Gasteiger partial charge >= 0.3 is 6.03 Å². The lowest BCUT2D eigenvalue weighted by atomic mass is 10.1. The third-order valence-electron chi connectivity index (χ3n) is 4.73. The van der Waals surface area contributed by atoms with Crippen molar-refractivity contribution in [3.05, 3.63) is 66.7 Å². The van der Waals surface area contributed by atoms with Crippen LogP contribution >= 0.6 is 0 Å². The van der Waals surface area contributed by atoms with Crippen molar-refractivity contribution >= 4 is 29.2 Å². The van der Waals surface area contributed by atoms with Crippen molar-refractivity contribution < 1.29 is 19.1 Å². The molecule has 1 aliphatic rings. The van der Waals surface area contributed by atoms with Crippen molar-refractivity contribution in [2.24, 2.45) is 0 Å². The van der Waals surface area contributed by atoms with Crippen LogP contribution in [0.2, 0.25) is 0 Å². The number of amides is 4. The quantitative estimate of drug-likeness (QED) is 0.534. The number of carbonyl (C=O) groups excluding carboxylic acids is 3. The molecule has 0 aromatic heterocycles. The van der Waals surface area contributed by atoms with E-state index in [1.54, 1.807) is 48.5 Å². The maximum absolute atomic E-state index is 13.0. The molecular weight excluding hydrogens is 382 g/mol. The van der Waals surface area contributed by atoms with Gasteiger partial charge in [-0.15, -0.1) is 6.58 Å². The average molecular weight is 407 g/mol. The third-order valence-corrected chi connectivity index (χ3v) is 4.73. The maximum atomic E-state index is 13.0. The molecule has 30 heavy (non-hydrogen) atoms. The number of anilines is 2. The van der Waals surface area contributed by atoms with E-state index in [4.69, 9.17) is 4.74 Å². The van der Waals surface area contributed by atoms with E-state index in [9.17, 15) is 14.4 Å². The number of nitrogens with zero attached hydrogens (tertiary/aromatic N) is 2. The van der Waals surface area contributed by atoms with Gasteiger partial charge in [0.05, 0.1) is 18.7 Å². The number of benzene rings is 2. The van der Waals surface area contributed by atoms with E-state index in [1.807, 2.05) is 19.9 Å². The molecule has 1 heterocycles. The van der Waals surface area contributed by atoms with Crippen molar-refractivity contribution in [2.75, 3.05) is 23.4 Å². The molecule has 4 amide bonds. The fourth-order valence-electron chi connectivity index (χ4n) is 3.37. The zero-order chi connectivity index (χ0) is 21.7. The first kappa shape index (κ1) is 21.1. The maximum Gasteiger partial charge on any atom is 0.332 e. The zero-order valence-electron chi connectivity index (χ0n) is 17.1. The van der Waals surface area contributed by atoms with Gasteiger partial charge in [-0.25, -0.2) is 9.69 Å². The average Bonchev–Trinajstić information content (AvgIpc) is 2.94. The summed E-state index contributed by atoms with van der Waals surface area (Å²) < 4.78 is 5.39. The fraction of sp³-hybridized carbons (Fsp3) is 0.261. The Hall–Kier alpha value is -3.61. The van der Waals surface area contributed by atoms with E-state index in [0.29, 0.717) is 23.7 Å². The first-order valence-electron chi connectivity index (χ1n) is 9.79. The van der Waals surface area contributed by atoms with E-state index in [-0.39, 0.29) is 18.9 Å². The Morgan fingerprint density at radius 3 is 2.57 bits per heavy atom. The van der Waals surface area contributed by atoms with Crippen LogP contribution in [0, 0.1) is 6.92 Å². The number of carbonyl (C=O) groups is 3. The number of ether oxygens (including phenoxy) is 1. The predicted molar refractivity (Wildman–Crippen MR) is 116 cm³/mol. The van der Waals surface area contributed by atoms with E-state index in [0.717, 1.165) is 10.5 Å². The summed E-state index contributed by atoms with van der Waals surface area (Å²) in [6, 6.07) is 12.8. The number of imide groups is 1. The first-order valence-corrected chi connectivity index (χ1v) is 9.79. The minimum absolute atomic E-state index is 0.145. The molecule has 0 spiro atoms. The highest BCUT2D eigenvalue weighted by molar-refractivity contribution is 6.22. The lowest BCUT2D eigenvalue weighted by Gasteiger charge is -2.19. The summed E-state index contributed by atoms with van der Waals surface area (Å²) in [5.74, 6) is -0.0715. The first-order chi connectivity index (χ1) is 14.4. The number of hydrogen-bond acceptors (Lipinski definition) is 4. The summed E-state index contributed by atoms with van der Waals surface area (Å²) >= 11 is 0. The molecule has 7 nitrogen and oxygen atoms in total. The van der Waals surface area contributed by atoms with E-state index in [2.05, 4.69) is 11.9 Å². The summed E-state index contributed by atoms with van der Waals surface area (Å²) in [6.07, 6.45) is 1.40. The highest BCUT2D eigenvalue weighted by atomic mass is 16.5. The van der Waals surface area contributed by atoms with Crippen LogP contribution in [0.25, 0.3) is 0 Å². The lowest BCUT2D eigenvalue weighted by Crippen LogP contribution is -2.38. The smallest absolute Gasteiger partial charge is 0.332 e. The molecule has 0 unspecified atom stereocenters. The van der Waals surface area contributed by atoms with Crippen LogP contribution in [0.3, 0.4) is 0 Å². The molecule has 3 rings (SSSR count). The molecule has 1 N–H and O–H groups in total. The Bertz CT molecular complexity index is 955. The molecule has 156 valence electrons. The van der Waals surface area contributed by atoms with E-state index in [1.165, 1.54) is 4.90 Å². The van der Waals surface area contributed by atoms with Crippen LogP contribution in [0.1, 0.15) is 18.9 Å². The molecule has 1 fully saturated rings. The monoisotopic (exact) mass is 407 g/mol. The van der Waals surface area contributed by atoms with Crippen molar-refractivity contribution in [1.82, 2.24) is 4.90 Å². The molecule has 2 aromatic carbocycles. The van der Waals surface area contributed by atoms with Gasteiger partial charge in [0, 0.05) is 12.2 Å².